The number of nitro groups is 1. The van der Waals surface area contributed by atoms with Crippen molar-refractivity contribution in [1.29, 1.82) is 0 Å². The van der Waals surface area contributed by atoms with Gasteiger partial charge in [0.2, 0.25) is 0 Å². The molecule has 0 fully saturated rings. The van der Waals surface area contributed by atoms with E-state index in [4.69, 9.17) is 17.5 Å². The van der Waals surface area contributed by atoms with Gasteiger partial charge in [-0.15, -0.1) is 0 Å². The van der Waals surface area contributed by atoms with Gasteiger partial charge < -0.3 is 0 Å². The minimum atomic E-state index is -4.67. The number of benzene rings is 1. The van der Waals surface area contributed by atoms with Crippen LogP contribution < -0.4 is 0 Å². The molecule has 0 atom stereocenters. The van der Waals surface area contributed by atoms with Gasteiger partial charge in [0.1, 0.15) is 0 Å². The molecule has 10 heteroatoms. The zero-order valence-corrected chi connectivity index (χ0v) is 12.0. The molecule has 2 rings (SSSR count). The van der Waals surface area contributed by atoms with Crippen LogP contribution in [-0.4, -0.2) is 33.9 Å². The molecule has 1 aromatic carbocycles. The molecule has 21 heavy (non-hydrogen) atoms. The second kappa shape index (κ2) is 6.52. The largest absolute Gasteiger partial charge is 0.394 e. The summed E-state index contributed by atoms with van der Waals surface area (Å²) in [6, 6.07) is 4.55. The molecule has 1 aliphatic heterocycles. The molecule has 0 aromatic heterocycles. The van der Waals surface area contributed by atoms with Crippen LogP contribution in [0.4, 0.5) is 17.1 Å². The van der Waals surface area contributed by atoms with Gasteiger partial charge in [-0.1, -0.05) is 0 Å². The molecule has 0 unspecified atom stereocenters. The van der Waals surface area contributed by atoms with Crippen molar-refractivity contribution in [3.8, 4) is 0 Å². The van der Waals surface area contributed by atoms with Crippen LogP contribution in [0.2, 0.25) is 0 Å². The lowest BCUT2D eigenvalue weighted by Crippen LogP contribution is -1.97. The van der Waals surface area contributed by atoms with Gasteiger partial charge in [-0.05, 0) is 19.9 Å². The maximum absolute atomic E-state index is 10.6. The Bertz CT molecular complexity index is 715. The first-order valence-corrected chi connectivity index (χ1v) is 7.02. The van der Waals surface area contributed by atoms with E-state index in [0.717, 1.165) is 11.4 Å². The Kier molecular flexibility index (Phi) is 5.24. The van der Waals surface area contributed by atoms with Gasteiger partial charge in [0.25, 0.3) is 5.69 Å². The maximum Gasteiger partial charge on any atom is 0.394 e. The molecular weight excluding hydrogens is 302 g/mol. The molecule has 1 aromatic rings. The summed E-state index contributed by atoms with van der Waals surface area (Å²) in [7, 11) is -4.67. The number of non-ortho nitro benzene ring substituents is 1. The van der Waals surface area contributed by atoms with Crippen LogP contribution in [0.3, 0.4) is 0 Å². The number of fused-ring (bicyclic) bond motifs is 1. The molecule has 0 spiro atoms. The average molecular weight is 315 g/mol. The fourth-order valence-corrected chi connectivity index (χ4v) is 1.67. The number of aliphatic imine (C=N–C) groups is 2. The van der Waals surface area contributed by atoms with Gasteiger partial charge in [0.15, 0.2) is 0 Å². The summed E-state index contributed by atoms with van der Waals surface area (Å²) in [4.78, 5) is 18.9. The van der Waals surface area contributed by atoms with Crippen molar-refractivity contribution in [2.24, 2.45) is 9.98 Å². The molecule has 9 nitrogen and oxygen atoms in total. The number of rotatable bonds is 1. The summed E-state index contributed by atoms with van der Waals surface area (Å²) in [5, 5.41) is 10.6. The summed E-state index contributed by atoms with van der Waals surface area (Å²) in [6.45, 7) is 3.82. The zero-order valence-electron chi connectivity index (χ0n) is 11.2. The molecule has 0 radical (unpaired) electrons. The van der Waals surface area contributed by atoms with Crippen molar-refractivity contribution in [2.75, 3.05) is 0 Å². The Labute approximate surface area is 120 Å². The van der Waals surface area contributed by atoms with E-state index in [1.807, 2.05) is 13.8 Å². The quantitative estimate of drug-likeness (QED) is 0.463. The third kappa shape index (κ3) is 6.21. The van der Waals surface area contributed by atoms with E-state index in [1.165, 1.54) is 12.1 Å². The molecular formula is C11H13N3O6S. The molecule has 2 N–H and O–H groups in total. The van der Waals surface area contributed by atoms with E-state index in [0.29, 0.717) is 17.8 Å². The second-order valence-corrected chi connectivity index (χ2v) is 5.14. The zero-order chi connectivity index (χ0) is 16.2. The predicted octanol–water partition coefficient (Wildman–Crippen LogP) is 2.53. The lowest BCUT2D eigenvalue weighted by molar-refractivity contribution is -0.384. The van der Waals surface area contributed by atoms with Crippen LogP contribution in [0.15, 0.2) is 28.2 Å². The molecule has 114 valence electrons. The SMILES string of the molecule is CC1=Nc2ccc([N+](=O)[O-])cc2N=C(C)C1.O=S(=O)(O)O. The van der Waals surface area contributed by atoms with E-state index in [-0.39, 0.29) is 5.69 Å². The fourth-order valence-electron chi connectivity index (χ4n) is 1.67. The second-order valence-electron chi connectivity index (χ2n) is 4.25. The highest BCUT2D eigenvalue weighted by Crippen LogP contribution is 2.34. The predicted molar refractivity (Wildman–Crippen MR) is 77.4 cm³/mol. The number of hydrogen-bond acceptors (Lipinski definition) is 6. The van der Waals surface area contributed by atoms with Crippen LogP contribution >= 0.6 is 0 Å². The van der Waals surface area contributed by atoms with Crippen molar-refractivity contribution in [1.82, 2.24) is 0 Å². The number of nitro benzene ring substituents is 1. The van der Waals surface area contributed by atoms with Gasteiger partial charge in [0, 0.05) is 30.0 Å². The first-order valence-electron chi connectivity index (χ1n) is 5.63. The molecule has 0 amide bonds. The molecule has 1 heterocycles. The van der Waals surface area contributed by atoms with Crippen molar-refractivity contribution in [2.45, 2.75) is 20.3 Å². The highest BCUT2D eigenvalue weighted by atomic mass is 32.3. The maximum atomic E-state index is 10.6. The Morgan fingerprint density at radius 1 is 1.14 bits per heavy atom. The van der Waals surface area contributed by atoms with Gasteiger partial charge in [-0.3, -0.25) is 29.2 Å². The molecule has 0 saturated heterocycles. The highest BCUT2D eigenvalue weighted by molar-refractivity contribution is 7.79. The summed E-state index contributed by atoms with van der Waals surface area (Å²) in [5.41, 5.74) is 3.20. The summed E-state index contributed by atoms with van der Waals surface area (Å²) in [6.07, 6.45) is 0.711. The van der Waals surface area contributed by atoms with E-state index in [2.05, 4.69) is 9.98 Å². The number of nitrogens with zero attached hydrogens (tertiary/aromatic N) is 3. The van der Waals surface area contributed by atoms with Gasteiger partial charge in [-0.25, -0.2) is 0 Å². The monoisotopic (exact) mass is 315 g/mol. The van der Waals surface area contributed by atoms with Crippen molar-refractivity contribution >= 4 is 38.9 Å². The molecule has 1 aliphatic rings. The summed E-state index contributed by atoms with van der Waals surface area (Å²) < 4.78 is 31.6. The van der Waals surface area contributed by atoms with E-state index in [1.54, 1.807) is 6.07 Å². The van der Waals surface area contributed by atoms with Gasteiger partial charge in [0.05, 0.1) is 16.3 Å². The highest BCUT2D eigenvalue weighted by Gasteiger charge is 2.13. The van der Waals surface area contributed by atoms with Crippen LogP contribution in [0.5, 0.6) is 0 Å². The standard InChI is InChI=1S/C11H11N3O2.H2O4S/c1-7-5-8(2)13-11-6-9(14(15)16)3-4-10(11)12-7;1-5(2,3)4/h3-4,6H,5H2,1-2H3;(H2,1,2,3,4). The Hall–Kier alpha value is -2.17. The van der Waals surface area contributed by atoms with Crippen LogP contribution in [-0.2, 0) is 10.4 Å². The van der Waals surface area contributed by atoms with Crippen LogP contribution in [0.25, 0.3) is 0 Å². The van der Waals surface area contributed by atoms with E-state index >= 15 is 0 Å². The van der Waals surface area contributed by atoms with E-state index in [9.17, 15) is 10.1 Å². The Morgan fingerprint density at radius 3 is 2.10 bits per heavy atom. The third-order valence-electron chi connectivity index (χ3n) is 2.30. The first kappa shape index (κ1) is 16.9. The first-order chi connectivity index (χ1) is 9.56. The van der Waals surface area contributed by atoms with E-state index < -0.39 is 15.3 Å². The smallest absolute Gasteiger partial charge is 0.264 e. The average Bonchev–Trinajstić information content (AvgIpc) is 2.41. The normalized spacial score (nSPS) is 13.9. The van der Waals surface area contributed by atoms with Crippen LogP contribution in [0.1, 0.15) is 20.3 Å². The lowest BCUT2D eigenvalue weighted by Gasteiger charge is -1.99. The van der Waals surface area contributed by atoms with Gasteiger partial charge >= 0.3 is 10.4 Å². The van der Waals surface area contributed by atoms with Crippen LogP contribution in [0, 0.1) is 10.1 Å². The Balaban J connectivity index is 0.000000383. The lowest BCUT2D eigenvalue weighted by atomic mass is 10.2. The summed E-state index contributed by atoms with van der Waals surface area (Å²) >= 11 is 0. The third-order valence-corrected chi connectivity index (χ3v) is 2.30. The minimum absolute atomic E-state index is 0.0463. The fraction of sp³-hybridized carbons (Fsp3) is 0.273. The molecule has 0 saturated carbocycles. The molecule has 0 aliphatic carbocycles. The minimum Gasteiger partial charge on any atom is -0.264 e. The Morgan fingerprint density at radius 2 is 1.62 bits per heavy atom. The van der Waals surface area contributed by atoms with Gasteiger partial charge in [-0.2, -0.15) is 8.42 Å². The number of hydrogen-bond donors (Lipinski definition) is 2. The topological polar surface area (TPSA) is 142 Å². The van der Waals surface area contributed by atoms with Crippen molar-refractivity contribution < 1.29 is 22.4 Å². The van der Waals surface area contributed by atoms with Crippen molar-refractivity contribution in [3.05, 3.63) is 28.3 Å². The molecule has 0 bridgehead atoms. The summed E-state index contributed by atoms with van der Waals surface area (Å²) in [5.74, 6) is 0. The van der Waals surface area contributed by atoms with Crippen molar-refractivity contribution in [3.63, 3.8) is 0 Å².